The van der Waals surface area contributed by atoms with Crippen LogP contribution in [0.25, 0.3) is 0 Å². The molecule has 4 N–H and O–H groups in total. The minimum absolute atomic E-state index is 0.210. The van der Waals surface area contributed by atoms with Crippen molar-refractivity contribution in [3.05, 3.63) is 34.9 Å². The second-order valence-electron chi connectivity index (χ2n) is 9.91. The SMILES string of the molecule is O=C1CCC(N2Cc3cc([C@@]4(O)CCN(CC5CCNCC5)C[C@@H]4O)ccc3C2=O)C(=O)N1. The molecule has 0 bridgehead atoms. The number of imide groups is 1. The zero-order chi connectivity index (χ0) is 23.2. The largest absolute Gasteiger partial charge is 0.388 e. The molecule has 3 amide bonds. The molecule has 3 saturated heterocycles. The molecule has 33 heavy (non-hydrogen) atoms. The Labute approximate surface area is 193 Å². The minimum Gasteiger partial charge on any atom is -0.388 e. The standard InChI is InChI=1S/C24H32N4O5/c29-20-14-27(12-15-5-8-25-9-6-15)10-7-24(20,33)17-1-2-18-16(11-17)13-28(23(18)32)19-3-4-21(30)26-22(19)31/h1-2,11,15,19-20,25,29,33H,3-10,12-14H2,(H,26,30,31)/t19?,20-,24-/m0/s1. The van der Waals surface area contributed by atoms with E-state index in [0.717, 1.165) is 38.0 Å². The first kappa shape index (κ1) is 22.5. The molecule has 1 aromatic rings. The third-order valence-corrected chi connectivity index (χ3v) is 7.79. The van der Waals surface area contributed by atoms with Gasteiger partial charge >= 0.3 is 0 Å². The lowest BCUT2D eigenvalue weighted by atomic mass is 9.80. The Bertz CT molecular complexity index is 962. The van der Waals surface area contributed by atoms with Gasteiger partial charge in [0.2, 0.25) is 11.8 Å². The third kappa shape index (κ3) is 4.19. The topological polar surface area (TPSA) is 122 Å². The van der Waals surface area contributed by atoms with Gasteiger partial charge in [0.25, 0.3) is 5.91 Å². The quantitative estimate of drug-likeness (QED) is 0.459. The molecule has 0 saturated carbocycles. The second-order valence-corrected chi connectivity index (χ2v) is 9.91. The highest BCUT2D eigenvalue weighted by Gasteiger charge is 2.44. The summed E-state index contributed by atoms with van der Waals surface area (Å²) in [7, 11) is 0. The average Bonchev–Trinajstić information content (AvgIpc) is 3.13. The van der Waals surface area contributed by atoms with Crippen LogP contribution in [-0.4, -0.2) is 82.6 Å². The van der Waals surface area contributed by atoms with Gasteiger partial charge < -0.3 is 25.3 Å². The predicted molar refractivity (Wildman–Crippen MR) is 119 cm³/mol. The summed E-state index contributed by atoms with van der Waals surface area (Å²) in [5.74, 6) is -0.377. The van der Waals surface area contributed by atoms with E-state index in [-0.39, 0.29) is 24.8 Å². The first-order valence-electron chi connectivity index (χ1n) is 12.0. The smallest absolute Gasteiger partial charge is 0.255 e. The van der Waals surface area contributed by atoms with E-state index >= 15 is 0 Å². The van der Waals surface area contributed by atoms with E-state index in [1.54, 1.807) is 18.2 Å². The summed E-state index contributed by atoms with van der Waals surface area (Å²) in [5, 5.41) is 28.0. The number of rotatable bonds is 4. The van der Waals surface area contributed by atoms with Gasteiger partial charge in [-0.05, 0) is 61.9 Å². The van der Waals surface area contributed by atoms with Crippen molar-refractivity contribution in [2.45, 2.75) is 56.4 Å². The highest BCUT2D eigenvalue weighted by molar-refractivity contribution is 6.05. The van der Waals surface area contributed by atoms with Crippen LogP contribution in [0.1, 0.15) is 53.6 Å². The Kier molecular flexibility index (Phi) is 5.98. The number of hydrogen-bond donors (Lipinski definition) is 4. The molecule has 1 unspecified atom stereocenters. The number of aliphatic hydroxyl groups is 2. The van der Waals surface area contributed by atoms with Crippen molar-refractivity contribution in [2.75, 3.05) is 32.7 Å². The van der Waals surface area contributed by atoms with E-state index in [9.17, 15) is 24.6 Å². The molecular formula is C24H32N4O5. The molecule has 0 aromatic heterocycles. The van der Waals surface area contributed by atoms with E-state index in [2.05, 4.69) is 15.5 Å². The van der Waals surface area contributed by atoms with Crippen LogP contribution in [0.2, 0.25) is 0 Å². The maximum absolute atomic E-state index is 12.9. The van der Waals surface area contributed by atoms with Gasteiger partial charge in [-0.15, -0.1) is 0 Å². The molecular weight excluding hydrogens is 424 g/mol. The Hall–Kier alpha value is -2.33. The number of likely N-dealkylation sites (tertiary alicyclic amines) is 1. The molecule has 4 aliphatic heterocycles. The van der Waals surface area contributed by atoms with Gasteiger partial charge in [-0.2, -0.15) is 0 Å². The fraction of sp³-hybridized carbons (Fsp3) is 0.625. The number of β-amino-alcohol motifs (C(OH)–C–C–N with tert-alkyl or cyclic N) is 1. The monoisotopic (exact) mass is 456 g/mol. The number of carbonyl (C=O) groups excluding carboxylic acids is 3. The van der Waals surface area contributed by atoms with Gasteiger partial charge in [0.1, 0.15) is 11.6 Å². The van der Waals surface area contributed by atoms with Crippen molar-refractivity contribution in [2.24, 2.45) is 5.92 Å². The number of hydrogen-bond acceptors (Lipinski definition) is 7. The summed E-state index contributed by atoms with van der Waals surface area (Å²) in [6.07, 6.45) is 2.30. The summed E-state index contributed by atoms with van der Waals surface area (Å²) in [6, 6.07) is 4.53. The summed E-state index contributed by atoms with van der Waals surface area (Å²) in [4.78, 5) is 40.4. The number of carbonyl (C=O) groups is 3. The van der Waals surface area contributed by atoms with E-state index in [1.165, 1.54) is 4.90 Å². The summed E-state index contributed by atoms with van der Waals surface area (Å²) >= 11 is 0. The Morgan fingerprint density at radius 1 is 1.12 bits per heavy atom. The van der Waals surface area contributed by atoms with Crippen molar-refractivity contribution in [3.8, 4) is 0 Å². The Morgan fingerprint density at radius 3 is 2.64 bits per heavy atom. The second kappa shape index (κ2) is 8.79. The normalized spacial score (nSPS) is 31.6. The Morgan fingerprint density at radius 2 is 1.91 bits per heavy atom. The molecule has 5 rings (SSSR count). The molecule has 3 atom stereocenters. The summed E-state index contributed by atoms with van der Waals surface area (Å²) < 4.78 is 0. The lowest BCUT2D eigenvalue weighted by Crippen LogP contribution is -2.54. The van der Waals surface area contributed by atoms with Gasteiger partial charge in [-0.25, -0.2) is 0 Å². The highest BCUT2D eigenvalue weighted by atomic mass is 16.3. The Balaban J connectivity index is 1.28. The zero-order valence-electron chi connectivity index (χ0n) is 18.8. The van der Waals surface area contributed by atoms with Crippen LogP contribution in [0.3, 0.4) is 0 Å². The van der Waals surface area contributed by atoms with Crippen LogP contribution < -0.4 is 10.6 Å². The first-order valence-corrected chi connectivity index (χ1v) is 12.0. The summed E-state index contributed by atoms with van der Waals surface area (Å²) in [5.41, 5.74) is 0.475. The van der Waals surface area contributed by atoms with Crippen LogP contribution >= 0.6 is 0 Å². The van der Waals surface area contributed by atoms with E-state index in [4.69, 9.17) is 0 Å². The van der Waals surface area contributed by atoms with E-state index in [0.29, 0.717) is 43.0 Å². The van der Waals surface area contributed by atoms with Crippen LogP contribution in [0.5, 0.6) is 0 Å². The van der Waals surface area contributed by atoms with Crippen molar-refractivity contribution in [3.63, 3.8) is 0 Å². The molecule has 0 spiro atoms. The molecule has 9 heteroatoms. The van der Waals surface area contributed by atoms with Crippen LogP contribution in [0, 0.1) is 5.92 Å². The van der Waals surface area contributed by atoms with Gasteiger partial charge in [-0.1, -0.05) is 12.1 Å². The highest BCUT2D eigenvalue weighted by Crippen LogP contribution is 2.37. The molecule has 178 valence electrons. The number of fused-ring (bicyclic) bond motifs is 1. The van der Waals surface area contributed by atoms with Crippen molar-refractivity contribution >= 4 is 17.7 Å². The molecule has 0 radical (unpaired) electrons. The summed E-state index contributed by atoms with van der Waals surface area (Å²) in [6.45, 7) is 4.38. The molecule has 4 aliphatic rings. The maximum Gasteiger partial charge on any atom is 0.255 e. The first-order chi connectivity index (χ1) is 15.8. The third-order valence-electron chi connectivity index (χ3n) is 7.79. The fourth-order valence-electron chi connectivity index (χ4n) is 5.76. The number of benzene rings is 1. The van der Waals surface area contributed by atoms with E-state index in [1.807, 2.05) is 0 Å². The number of nitrogens with zero attached hydrogens (tertiary/aromatic N) is 2. The molecule has 4 heterocycles. The minimum atomic E-state index is -1.37. The lowest BCUT2D eigenvalue weighted by molar-refractivity contribution is -0.136. The fourth-order valence-corrected chi connectivity index (χ4v) is 5.76. The number of nitrogens with one attached hydrogen (secondary N) is 2. The van der Waals surface area contributed by atoms with Crippen LogP contribution in [0.4, 0.5) is 0 Å². The maximum atomic E-state index is 12.9. The van der Waals surface area contributed by atoms with Crippen LogP contribution in [-0.2, 0) is 21.7 Å². The van der Waals surface area contributed by atoms with Gasteiger partial charge in [-0.3, -0.25) is 19.7 Å². The van der Waals surface area contributed by atoms with Gasteiger partial charge in [0.15, 0.2) is 0 Å². The van der Waals surface area contributed by atoms with Crippen molar-refractivity contribution in [1.82, 2.24) is 20.4 Å². The number of piperidine rings is 3. The molecule has 9 nitrogen and oxygen atoms in total. The van der Waals surface area contributed by atoms with E-state index < -0.39 is 23.7 Å². The van der Waals surface area contributed by atoms with Crippen LogP contribution in [0.15, 0.2) is 18.2 Å². The van der Waals surface area contributed by atoms with Crippen molar-refractivity contribution < 1.29 is 24.6 Å². The predicted octanol–water partition coefficient (Wildman–Crippen LogP) is -0.299. The molecule has 0 aliphatic carbocycles. The average molecular weight is 457 g/mol. The zero-order valence-corrected chi connectivity index (χ0v) is 18.8. The number of amides is 3. The van der Waals surface area contributed by atoms with Gasteiger partial charge in [0.05, 0.1) is 6.10 Å². The number of aliphatic hydroxyl groups excluding tert-OH is 1. The molecule has 3 fully saturated rings. The molecule has 1 aromatic carbocycles. The lowest BCUT2D eigenvalue weighted by Gasteiger charge is -2.43. The van der Waals surface area contributed by atoms with Crippen molar-refractivity contribution in [1.29, 1.82) is 0 Å². The van der Waals surface area contributed by atoms with Gasteiger partial charge in [0, 0.05) is 38.2 Å².